The van der Waals surface area contributed by atoms with Crippen LogP contribution in [0.15, 0.2) is 35.5 Å². The number of carbonyl (C=O) groups excluding carboxylic acids is 1. The largest absolute Gasteiger partial charge is 0.409 e. The van der Waals surface area contributed by atoms with Crippen LogP contribution in [-0.4, -0.2) is 23.0 Å². The summed E-state index contributed by atoms with van der Waals surface area (Å²) in [6.07, 6.45) is 3.61. The Hall–Kier alpha value is -2.04. The van der Waals surface area contributed by atoms with Crippen LogP contribution in [0.5, 0.6) is 0 Å². The molecule has 0 aromatic heterocycles. The van der Waals surface area contributed by atoms with Crippen LogP contribution in [0.2, 0.25) is 0 Å². The molecule has 0 saturated heterocycles. The Morgan fingerprint density at radius 2 is 2.10 bits per heavy atom. The molecule has 0 spiro atoms. The fourth-order valence-corrected chi connectivity index (χ4v) is 2.02. The summed E-state index contributed by atoms with van der Waals surface area (Å²) in [5, 5.41) is 14.4. The van der Waals surface area contributed by atoms with Gasteiger partial charge >= 0.3 is 0 Å². The van der Waals surface area contributed by atoms with E-state index in [0.717, 1.165) is 19.3 Å². The second kappa shape index (κ2) is 8.96. The fraction of sp³-hybridized carbons (Fsp3) is 0.467. The molecular weight excluding hydrogens is 254 g/mol. The van der Waals surface area contributed by atoms with Crippen molar-refractivity contribution in [1.82, 2.24) is 5.32 Å². The molecule has 0 bridgehead atoms. The van der Waals surface area contributed by atoms with Crippen molar-refractivity contribution >= 4 is 11.7 Å². The Kier molecular flexibility index (Phi) is 7.17. The number of hydrogen-bond donors (Lipinski definition) is 3. The smallest absolute Gasteiger partial charge is 0.220 e. The Morgan fingerprint density at radius 1 is 1.40 bits per heavy atom. The summed E-state index contributed by atoms with van der Waals surface area (Å²) >= 11 is 0. The molecule has 0 saturated carbocycles. The van der Waals surface area contributed by atoms with Crippen LogP contribution in [-0.2, 0) is 11.2 Å². The standard InChI is InChI=1S/C15H23N3O2/c1-2-7-13(15(16)18-20)17-14(19)11-6-10-12-8-4-3-5-9-12/h3-5,8-9,13,20H,2,6-7,10-11H2,1H3,(H2,16,18)(H,17,19). The summed E-state index contributed by atoms with van der Waals surface area (Å²) in [5.41, 5.74) is 6.78. The lowest BCUT2D eigenvalue weighted by Gasteiger charge is -2.16. The van der Waals surface area contributed by atoms with Gasteiger partial charge in [0.15, 0.2) is 5.84 Å². The van der Waals surface area contributed by atoms with Gasteiger partial charge in [-0.05, 0) is 24.8 Å². The normalized spacial score (nSPS) is 12.9. The molecule has 0 aliphatic rings. The lowest BCUT2D eigenvalue weighted by Crippen LogP contribution is -2.44. The molecule has 1 unspecified atom stereocenters. The Bertz CT molecular complexity index is 432. The minimum atomic E-state index is -0.380. The van der Waals surface area contributed by atoms with Gasteiger partial charge in [-0.3, -0.25) is 4.79 Å². The van der Waals surface area contributed by atoms with Crippen molar-refractivity contribution in [2.75, 3.05) is 0 Å². The maximum absolute atomic E-state index is 11.8. The van der Waals surface area contributed by atoms with Crippen molar-refractivity contribution in [2.45, 2.75) is 45.1 Å². The van der Waals surface area contributed by atoms with Crippen LogP contribution >= 0.6 is 0 Å². The number of aryl methyl sites for hydroxylation is 1. The van der Waals surface area contributed by atoms with E-state index in [2.05, 4.69) is 10.5 Å². The minimum absolute atomic E-state index is 0.0586. The third-order valence-electron chi connectivity index (χ3n) is 3.10. The van der Waals surface area contributed by atoms with Gasteiger partial charge in [0.25, 0.3) is 0 Å². The number of hydrogen-bond acceptors (Lipinski definition) is 3. The monoisotopic (exact) mass is 277 g/mol. The zero-order valence-corrected chi connectivity index (χ0v) is 11.9. The molecule has 0 radical (unpaired) electrons. The van der Waals surface area contributed by atoms with E-state index in [9.17, 15) is 4.79 Å². The number of benzene rings is 1. The molecule has 0 aliphatic heterocycles. The maximum Gasteiger partial charge on any atom is 0.220 e. The van der Waals surface area contributed by atoms with Crippen molar-refractivity contribution in [2.24, 2.45) is 10.9 Å². The van der Waals surface area contributed by atoms with Crippen molar-refractivity contribution in [3.63, 3.8) is 0 Å². The third-order valence-corrected chi connectivity index (χ3v) is 3.10. The van der Waals surface area contributed by atoms with Crippen LogP contribution in [0, 0.1) is 0 Å². The molecule has 0 aliphatic carbocycles. The molecule has 1 atom stereocenters. The van der Waals surface area contributed by atoms with Crippen LogP contribution in [0.1, 0.15) is 38.2 Å². The van der Waals surface area contributed by atoms with Gasteiger partial charge in [-0.2, -0.15) is 0 Å². The maximum atomic E-state index is 11.8. The van der Waals surface area contributed by atoms with Crippen LogP contribution in [0.4, 0.5) is 0 Å². The van der Waals surface area contributed by atoms with E-state index in [1.54, 1.807) is 0 Å². The topological polar surface area (TPSA) is 87.7 Å². The first-order chi connectivity index (χ1) is 9.67. The minimum Gasteiger partial charge on any atom is -0.409 e. The molecule has 20 heavy (non-hydrogen) atoms. The lowest BCUT2D eigenvalue weighted by molar-refractivity contribution is -0.121. The third kappa shape index (κ3) is 5.73. The molecule has 1 rings (SSSR count). The zero-order valence-electron chi connectivity index (χ0n) is 11.9. The summed E-state index contributed by atoms with van der Waals surface area (Å²) in [6.45, 7) is 1.99. The van der Waals surface area contributed by atoms with Gasteiger partial charge < -0.3 is 16.3 Å². The number of nitrogens with zero attached hydrogens (tertiary/aromatic N) is 1. The summed E-state index contributed by atoms with van der Waals surface area (Å²) in [5.74, 6) is -0.00533. The number of amides is 1. The summed E-state index contributed by atoms with van der Waals surface area (Å²) in [6, 6.07) is 9.68. The van der Waals surface area contributed by atoms with Crippen molar-refractivity contribution in [1.29, 1.82) is 0 Å². The number of rotatable bonds is 8. The molecule has 110 valence electrons. The number of amidine groups is 1. The predicted octanol–water partition coefficient (Wildman–Crippen LogP) is 2.04. The van der Waals surface area contributed by atoms with Gasteiger partial charge in [-0.1, -0.05) is 48.8 Å². The first-order valence-corrected chi connectivity index (χ1v) is 6.98. The van der Waals surface area contributed by atoms with E-state index in [1.807, 2.05) is 37.3 Å². The highest BCUT2D eigenvalue weighted by Crippen LogP contribution is 2.05. The van der Waals surface area contributed by atoms with E-state index >= 15 is 0 Å². The van der Waals surface area contributed by atoms with Crippen LogP contribution < -0.4 is 11.1 Å². The molecule has 1 aromatic rings. The molecule has 4 N–H and O–H groups in total. The molecule has 5 nitrogen and oxygen atoms in total. The highest BCUT2D eigenvalue weighted by Gasteiger charge is 2.15. The van der Waals surface area contributed by atoms with Crippen molar-refractivity contribution < 1.29 is 10.0 Å². The quantitative estimate of drug-likeness (QED) is 0.294. The van der Waals surface area contributed by atoms with Gasteiger partial charge in [0.05, 0.1) is 6.04 Å². The zero-order chi connectivity index (χ0) is 14.8. The number of nitrogens with two attached hydrogens (primary N) is 1. The number of carbonyl (C=O) groups is 1. The Labute approximate surface area is 119 Å². The van der Waals surface area contributed by atoms with E-state index in [0.29, 0.717) is 12.8 Å². The number of nitrogens with one attached hydrogen (secondary N) is 1. The fourth-order valence-electron chi connectivity index (χ4n) is 2.02. The van der Waals surface area contributed by atoms with E-state index in [4.69, 9.17) is 10.9 Å². The lowest BCUT2D eigenvalue weighted by atomic mass is 10.1. The Balaban J connectivity index is 2.35. The van der Waals surface area contributed by atoms with E-state index < -0.39 is 0 Å². The molecular formula is C15H23N3O2. The molecule has 1 aromatic carbocycles. The molecule has 5 heteroatoms. The summed E-state index contributed by atoms with van der Waals surface area (Å²) < 4.78 is 0. The van der Waals surface area contributed by atoms with Gasteiger partial charge in [-0.15, -0.1) is 0 Å². The van der Waals surface area contributed by atoms with Crippen LogP contribution in [0.25, 0.3) is 0 Å². The second-order valence-electron chi connectivity index (χ2n) is 4.77. The van der Waals surface area contributed by atoms with Gasteiger partial charge in [0.1, 0.15) is 0 Å². The van der Waals surface area contributed by atoms with Crippen molar-refractivity contribution in [3.8, 4) is 0 Å². The average Bonchev–Trinajstić information content (AvgIpc) is 2.47. The first-order valence-electron chi connectivity index (χ1n) is 6.98. The second-order valence-corrected chi connectivity index (χ2v) is 4.77. The highest BCUT2D eigenvalue weighted by atomic mass is 16.4. The molecule has 0 heterocycles. The van der Waals surface area contributed by atoms with Gasteiger partial charge in [-0.25, -0.2) is 0 Å². The molecule has 0 fully saturated rings. The first kappa shape index (κ1) is 16.0. The SMILES string of the molecule is CCCC(NC(=O)CCCc1ccccc1)/C(N)=N/O. The number of oxime groups is 1. The van der Waals surface area contributed by atoms with E-state index in [1.165, 1.54) is 5.56 Å². The van der Waals surface area contributed by atoms with Gasteiger partial charge in [0.2, 0.25) is 5.91 Å². The average molecular weight is 277 g/mol. The van der Waals surface area contributed by atoms with E-state index in [-0.39, 0.29) is 17.8 Å². The molecule has 1 amide bonds. The summed E-state index contributed by atoms with van der Waals surface area (Å²) in [4.78, 5) is 11.8. The Morgan fingerprint density at radius 3 is 2.70 bits per heavy atom. The predicted molar refractivity (Wildman–Crippen MR) is 79.6 cm³/mol. The van der Waals surface area contributed by atoms with Crippen LogP contribution in [0.3, 0.4) is 0 Å². The summed E-state index contributed by atoms with van der Waals surface area (Å²) in [7, 11) is 0. The highest BCUT2D eigenvalue weighted by molar-refractivity contribution is 5.89. The van der Waals surface area contributed by atoms with Gasteiger partial charge in [0, 0.05) is 6.42 Å². The van der Waals surface area contributed by atoms with Crippen molar-refractivity contribution in [3.05, 3.63) is 35.9 Å².